The van der Waals surface area contributed by atoms with Gasteiger partial charge in [0.25, 0.3) is 0 Å². The molecule has 1 saturated heterocycles. The van der Waals surface area contributed by atoms with Crippen molar-refractivity contribution >= 4 is 29.1 Å². The van der Waals surface area contributed by atoms with Crippen molar-refractivity contribution in [2.75, 3.05) is 6.54 Å². The molecule has 5 heteroatoms. The summed E-state index contributed by atoms with van der Waals surface area (Å²) in [6, 6.07) is 15.0. The van der Waals surface area contributed by atoms with Crippen LogP contribution in [0.5, 0.6) is 0 Å². The number of hydrogen-bond acceptors (Lipinski definition) is 2. The van der Waals surface area contributed by atoms with Gasteiger partial charge in [0.15, 0.2) is 0 Å². The number of benzene rings is 2. The highest BCUT2D eigenvalue weighted by atomic mass is 35.5. The zero-order valence-electron chi connectivity index (χ0n) is 11.1. The Labute approximate surface area is 133 Å². The standard InChI is InChI=1S/C16H14Cl2N2O/c17-12-5-1-10(2-6-12)15-16(20-14(21)9-19-15)11-3-7-13(18)8-4-11/h1-8,15-16,19H,9H2,(H,20,21). The Bertz CT molecular complexity index is 640. The highest BCUT2D eigenvalue weighted by molar-refractivity contribution is 6.30. The maximum atomic E-state index is 11.7. The first-order chi connectivity index (χ1) is 10.1. The Morgan fingerprint density at radius 3 is 1.81 bits per heavy atom. The number of hydrogen-bond donors (Lipinski definition) is 2. The minimum atomic E-state index is -0.135. The number of rotatable bonds is 2. The van der Waals surface area contributed by atoms with Crippen LogP contribution in [0.1, 0.15) is 23.2 Å². The van der Waals surface area contributed by atoms with E-state index in [9.17, 15) is 4.79 Å². The lowest BCUT2D eigenvalue weighted by atomic mass is 9.92. The molecule has 0 saturated carbocycles. The van der Waals surface area contributed by atoms with Crippen LogP contribution in [0.15, 0.2) is 48.5 Å². The number of nitrogens with one attached hydrogen (secondary N) is 2. The van der Waals surface area contributed by atoms with Crippen LogP contribution in [0, 0.1) is 0 Å². The van der Waals surface area contributed by atoms with E-state index < -0.39 is 0 Å². The molecule has 0 spiro atoms. The second-order valence-corrected chi connectivity index (χ2v) is 5.88. The normalized spacial score (nSPS) is 21.9. The van der Waals surface area contributed by atoms with Crippen LogP contribution in [0.2, 0.25) is 10.0 Å². The summed E-state index contributed by atoms with van der Waals surface area (Å²) >= 11 is 11.9. The third kappa shape index (κ3) is 3.21. The van der Waals surface area contributed by atoms with Gasteiger partial charge in [-0.25, -0.2) is 0 Å². The molecule has 1 aliphatic heterocycles. The second kappa shape index (κ2) is 6.06. The molecule has 1 amide bonds. The highest BCUT2D eigenvalue weighted by Gasteiger charge is 2.30. The van der Waals surface area contributed by atoms with Crippen LogP contribution < -0.4 is 10.6 Å². The van der Waals surface area contributed by atoms with E-state index in [0.29, 0.717) is 16.6 Å². The smallest absolute Gasteiger partial charge is 0.234 e. The number of piperazine rings is 1. The largest absolute Gasteiger partial charge is 0.346 e. The fraction of sp³-hybridized carbons (Fsp3) is 0.188. The summed E-state index contributed by atoms with van der Waals surface area (Å²) < 4.78 is 0. The van der Waals surface area contributed by atoms with Crippen LogP contribution in [0.3, 0.4) is 0 Å². The summed E-state index contributed by atoms with van der Waals surface area (Å²) in [5.74, 6) is -0.0137. The molecule has 21 heavy (non-hydrogen) atoms. The minimum absolute atomic E-state index is 0.00106. The Morgan fingerprint density at radius 2 is 1.29 bits per heavy atom. The van der Waals surface area contributed by atoms with Crippen molar-refractivity contribution in [1.29, 1.82) is 0 Å². The zero-order chi connectivity index (χ0) is 14.8. The van der Waals surface area contributed by atoms with Crippen LogP contribution in [0.4, 0.5) is 0 Å². The summed E-state index contributed by atoms with van der Waals surface area (Å²) in [6.07, 6.45) is 0. The molecule has 1 aliphatic rings. The first kappa shape index (κ1) is 14.4. The third-order valence-corrected chi connectivity index (χ3v) is 4.09. The van der Waals surface area contributed by atoms with Gasteiger partial charge in [0.1, 0.15) is 0 Å². The van der Waals surface area contributed by atoms with Crippen molar-refractivity contribution in [3.05, 3.63) is 69.7 Å². The molecule has 0 aromatic heterocycles. The van der Waals surface area contributed by atoms with Crippen LogP contribution in [0.25, 0.3) is 0 Å². The molecule has 2 N–H and O–H groups in total. The minimum Gasteiger partial charge on any atom is -0.346 e. The predicted molar refractivity (Wildman–Crippen MR) is 84.5 cm³/mol. The first-order valence-corrected chi connectivity index (χ1v) is 7.43. The van der Waals surface area contributed by atoms with Crippen molar-refractivity contribution in [2.24, 2.45) is 0 Å². The Balaban J connectivity index is 1.94. The predicted octanol–water partition coefficient (Wildman–Crippen LogP) is 3.50. The van der Waals surface area contributed by atoms with E-state index >= 15 is 0 Å². The molecule has 0 aliphatic carbocycles. The van der Waals surface area contributed by atoms with Gasteiger partial charge in [-0.2, -0.15) is 0 Å². The van der Waals surface area contributed by atoms with E-state index in [2.05, 4.69) is 10.6 Å². The molecule has 0 radical (unpaired) electrons. The van der Waals surface area contributed by atoms with Crippen molar-refractivity contribution in [3.8, 4) is 0 Å². The van der Waals surface area contributed by atoms with E-state index in [1.807, 2.05) is 48.5 Å². The molecule has 2 aromatic carbocycles. The molecule has 2 atom stereocenters. The molecular formula is C16H14Cl2N2O. The number of amides is 1. The van der Waals surface area contributed by atoms with Gasteiger partial charge in [-0.15, -0.1) is 0 Å². The Hall–Kier alpha value is -1.55. The number of carbonyl (C=O) groups is 1. The quantitative estimate of drug-likeness (QED) is 0.889. The Morgan fingerprint density at radius 1 is 0.810 bits per heavy atom. The van der Waals surface area contributed by atoms with Gasteiger partial charge in [-0.1, -0.05) is 47.5 Å². The molecule has 1 fully saturated rings. The lowest BCUT2D eigenvalue weighted by molar-refractivity contribution is -0.123. The summed E-state index contributed by atoms with van der Waals surface area (Å²) in [7, 11) is 0. The van der Waals surface area contributed by atoms with Crippen molar-refractivity contribution in [3.63, 3.8) is 0 Å². The summed E-state index contributed by atoms with van der Waals surface area (Å²) in [5.41, 5.74) is 2.10. The van der Waals surface area contributed by atoms with Crippen LogP contribution in [-0.4, -0.2) is 12.5 Å². The van der Waals surface area contributed by atoms with Gasteiger partial charge < -0.3 is 5.32 Å². The second-order valence-electron chi connectivity index (χ2n) is 5.01. The molecule has 2 aromatic rings. The van der Waals surface area contributed by atoms with Crippen LogP contribution >= 0.6 is 23.2 Å². The highest BCUT2D eigenvalue weighted by Crippen LogP contribution is 2.31. The number of carbonyl (C=O) groups excluding carboxylic acids is 1. The van der Waals surface area contributed by atoms with Gasteiger partial charge in [0.05, 0.1) is 18.6 Å². The summed E-state index contributed by atoms with van der Waals surface area (Å²) in [5, 5.41) is 7.69. The maximum absolute atomic E-state index is 11.7. The SMILES string of the molecule is O=C1CNC(c2ccc(Cl)cc2)C(c2ccc(Cl)cc2)N1. The average Bonchev–Trinajstić information content (AvgIpc) is 2.49. The van der Waals surface area contributed by atoms with Crippen molar-refractivity contribution in [1.82, 2.24) is 10.6 Å². The zero-order valence-corrected chi connectivity index (χ0v) is 12.7. The van der Waals surface area contributed by atoms with E-state index in [1.54, 1.807) is 0 Å². The van der Waals surface area contributed by atoms with Gasteiger partial charge in [0.2, 0.25) is 5.91 Å². The van der Waals surface area contributed by atoms with Gasteiger partial charge in [-0.3, -0.25) is 10.1 Å². The van der Waals surface area contributed by atoms with Gasteiger partial charge >= 0.3 is 0 Å². The summed E-state index contributed by atoms with van der Waals surface area (Å²) in [6.45, 7) is 0.303. The van der Waals surface area contributed by atoms with Gasteiger partial charge in [0, 0.05) is 10.0 Å². The maximum Gasteiger partial charge on any atom is 0.234 e. The molecule has 108 valence electrons. The molecule has 3 rings (SSSR count). The first-order valence-electron chi connectivity index (χ1n) is 6.67. The monoisotopic (exact) mass is 320 g/mol. The van der Waals surface area contributed by atoms with E-state index in [4.69, 9.17) is 23.2 Å². The van der Waals surface area contributed by atoms with Crippen LogP contribution in [-0.2, 0) is 4.79 Å². The molecule has 1 heterocycles. The van der Waals surface area contributed by atoms with Crippen molar-refractivity contribution in [2.45, 2.75) is 12.1 Å². The van der Waals surface area contributed by atoms with E-state index in [-0.39, 0.29) is 18.0 Å². The molecule has 0 bridgehead atoms. The van der Waals surface area contributed by atoms with Gasteiger partial charge in [-0.05, 0) is 35.4 Å². The topological polar surface area (TPSA) is 41.1 Å². The van der Waals surface area contributed by atoms with E-state index in [0.717, 1.165) is 11.1 Å². The lowest BCUT2D eigenvalue weighted by Crippen LogP contribution is -2.49. The Kier molecular flexibility index (Phi) is 4.15. The summed E-state index contributed by atoms with van der Waals surface area (Å²) in [4.78, 5) is 11.7. The number of halogens is 2. The molecular weight excluding hydrogens is 307 g/mol. The molecule has 3 nitrogen and oxygen atoms in total. The fourth-order valence-electron chi connectivity index (χ4n) is 2.55. The third-order valence-electron chi connectivity index (χ3n) is 3.59. The van der Waals surface area contributed by atoms with Crippen molar-refractivity contribution < 1.29 is 4.79 Å². The fourth-order valence-corrected chi connectivity index (χ4v) is 2.81. The average molecular weight is 321 g/mol. The van der Waals surface area contributed by atoms with E-state index in [1.165, 1.54) is 0 Å². The molecule has 2 unspecified atom stereocenters. The lowest BCUT2D eigenvalue weighted by Gasteiger charge is -2.34.